The molecule has 1 aromatic carbocycles. The van der Waals surface area contributed by atoms with Crippen LogP contribution in [0.2, 0.25) is 0 Å². The van der Waals surface area contributed by atoms with Crippen LogP contribution in [0.5, 0.6) is 5.75 Å². The zero-order valence-electron chi connectivity index (χ0n) is 11.3. The van der Waals surface area contributed by atoms with E-state index in [1.165, 1.54) is 0 Å². The fraction of sp³-hybridized carbons (Fsp3) is 0.600. The zero-order valence-corrected chi connectivity index (χ0v) is 12.9. The number of hydrogen-bond acceptors (Lipinski definition) is 3. The van der Waals surface area contributed by atoms with Crippen LogP contribution in [-0.2, 0) is 0 Å². The summed E-state index contributed by atoms with van der Waals surface area (Å²) < 4.78 is 0.963. The summed E-state index contributed by atoms with van der Waals surface area (Å²) in [5.41, 5.74) is 0.898. The van der Waals surface area contributed by atoms with Crippen LogP contribution in [0.4, 0.5) is 0 Å². The largest absolute Gasteiger partial charge is 0.508 e. The number of aromatic hydroxyl groups is 1. The van der Waals surface area contributed by atoms with Gasteiger partial charge in [-0.2, -0.15) is 0 Å². The van der Waals surface area contributed by atoms with Gasteiger partial charge in [-0.05, 0) is 37.5 Å². The summed E-state index contributed by atoms with van der Waals surface area (Å²) >= 11 is 3.44. The van der Waals surface area contributed by atoms with E-state index in [1.54, 1.807) is 6.07 Å². The summed E-state index contributed by atoms with van der Waals surface area (Å²) in [5, 5.41) is 23.6. The van der Waals surface area contributed by atoms with Crippen LogP contribution in [0.15, 0.2) is 22.7 Å². The molecule has 0 spiro atoms. The number of nitrogens with one attached hydrogen (secondary N) is 1. The fourth-order valence-electron chi connectivity index (χ4n) is 2.80. The molecule has 2 rings (SSSR count). The third-order valence-electron chi connectivity index (χ3n) is 3.92. The van der Waals surface area contributed by atoms with Gasteiger partial charge in [0.25, 0.3) is 0 Å². The Morgan fingerprint density at radius 3 is 2.79 bits per heavy atom. The van der Waals surface area contributed by atoms with E-state index in [0.29, 0.717) is 5.75 Å². The maximum absolute atomic E-state index is 10.0. The Balaban J connectivity index is 2.13. The highest BCUT2D eigenvalue weighted by atomic mass is 79.9. The second kappa shape index (κ2) is 6.73. The average Bonchev–Trinajstić information content (AvgIpc) is 2.41. The minimum atomic E-state index is -0.267. The quantitative estimate of drug-likeness (QED) is 0.793. The van der Waals surface area contributed by atoms with Gasteiger partial charge in [-0.3, -0.25) is 0 Å². The van der Waals surface area contributed by atoms with E-state index in [4.69, 9.17) is 0 Å². The van der Waals surface area contributed by atoms with Gasteiger partial charge in [0.15, 0.2) is 0 Å². The van der Waals surface area contributed by atoms with Crippen LogP contribution in [0.3, 0.4) is 0 Å². The molecular formula is C15H22BrNO2. The van der Waals surface area contributed by atoms with Gasteiger partial charge in [-0.25, -0.2) is 0 Å². The average molecular weight is 328 g/mol. The van der Waals surface area contributed by atoms with Crippen LogP contribution in [0, 0.1) is 0 Å². The number of hydrogen-bond donors (Lipinski definition) is 3. The lowest BCUT2D eigenvalue weighted by atomic mass is 9.91. The highest BCUT2D eigenvalue weighted by molar-refractivity contribution is 9.10. The minimum Gasteiger partial charge on any atom is -0.508 e. The van der Waals surface area contributed by atoms with Crippen molar-refractivity contribution in [1.82, 2.24) is 5.32 Å². The Kier molecular flexibility index (Phi) is 5.25. The summed E-state index contributed by atoms with van der Waals surface area (Å²) in [4.78, 5) is 0. The molecule has 3 nitrogen and oxygen atoms in total. The van der Waals surface area contributed by atoms with Crippen molar-refractivity contribution in [1.29, 1.82) is 0 Å². The molecule has 0 bridgehead atoms. The minimum absolute atomic E-state index is 0.0789. The van der Waals surface area contributed by atoms with Crippen molar-refractivity contribution in [2.75, 3.05) is 0 Å². The first-order valence-corrected chi connectivity index (χ1v) is 7.83. The molecule has 3 atom stereocenters. The van der Waals surface area contributed by atoms with Crippen LogP contribution in [0.1, 0.15) is 50.6 Å². The Morgan fingerprint density at radius 2 is 2.11 bits per heavy atom. The zero-order chi connectivity index (χ0) is 13.8. The van der Waals surface area contributed by atoms with Gasteiger partial charge in [0.05, 0.1) is 6.10 Å². The molecule has 3 unspecified atom stereocenters. The molecule has 3 N–H and O–H groups in total. The lowest BCUT2D eigenvalue weighted by molar-refractivity contribution is 0.0842. The highest BCUT2D eigenvalue weighted by Crippen LogP contribution is 2.31. The van der Waals surface area contributed by atoms with E-state index in [9.17, 15) is 10.2 Å². The van der Waals surface area contributed by atoms with Crippen LogP contribution in [-0.4, -0.2) is 22.4 Å². The number of phenolic OH excluding ortho intramolecular Hbond substituents is 1. The van der Waals surface area contributed by atoms with E-state index >= 15 is 0 Å². The number of aliphatic hydroxyl groups is 1. The maximum Gasteiger partial charge on any atom is 0.120 e. The van der Waals surface area contributed by atoms with Crippen molar-refractivity contribution >= 4 is 15.9 Å². The van der Waals surface area contributed by atoms with Gasteiger partial charge in [-0.1, -0.05) is 35.7 Å². The SMILES string of the molecule is CCC(NC1CCCCC1O)c1cc(Br)ccc1O. The van der Waals surface area contributed by atoms with Gasteiger partial charge in [0, 0.05) is 22.1 Å². The van der Waals surface area contributed by atoms with Crippen molar-refractivity contribution in [3.8, 4) is 5.75 Å². The van der Waals surface area contributed by atoms with Crippen LogP contribution in [0.25, 0.3) is 0 Å². The maximum atomic E-state index is 10.0. The Morgan fingerprint density at radius 1 is 1.37 bits per heavy atom. The number of benzene rings is 1. The molecule has 0 heterocycles. The van der Waals surface area contributed by atoms with Crippen molar-refractivity contribution in [2.45, 2.75) is 57.2 Å². The monoisotopic (exact) mass is 327 g/mol. The molecule has 0 aromatic heterocycles. The van der Waals surface area contributed by atoms with Crippen LogP contribution >= 0.6 is 15.9 Å². The second-order valence-corrected chi connectivity index (χ2v) is 6.20. The first-order valence-electron chi connectivity index (χ1n) is 7.04. The molecule has 1 aromatic rings. The molecule has 0 radical (unpaired) electrons. The van der Waals surface area contributed by atoms with Crippen molar-refractivity contribution in [3.05, 3.63) is 28.2 Å². The number of rotatable bonds is 4. The van der Waals surface area contributed by atoms with Crippen molar-refractivity contribution in [3.63, 3.8) is 0 Å². The van der Waals surface area contributed by atoms with Gasteiger partial charge in [0.1, 0.15) is 5.75 Å². The van der Waals surface area contributed by atoms with Gasteiger partial charge in [-0.15, -0.1) is 0 Å². The molecule has 4 heteroatoms. The molecule has 1 aliphatic rings. The predicted octanol–water partition coefficient (Wildman–Crippen LogP) is 3.50. The third kappa shape index (κ3) is 3.71. The van der Waals surface area contributed by atoms with E-state index in [1.807, 2.05) is 12.1 Å². The topological polar surface area (TPSA) is 52.5 Å². The van der Waals surface area contributed by atoms with E-state index in [0.717, 1.165) is 42.1 Å². The van der Waals surface area contributed by atoms with Gasteiger partial charge < -0.3 is 15.5 Å². The molecule has 0 saturated heterocycles. The van der Waals surface area contributed by atoms with E-state index in [2.05, 4.69) is 28.2 Å². The molecular weight excluding hydrogens is 306 g/mol. The third-order valence-corrected chi connectivity index (χ3v) is 4.41. The number of halogens is 1. The summed E-state index contributed by atoms with van der Waals surface area (Å²) in [6.45, 7) is 2.09. The number of aliphatic hydroxyl groups excluding tert-OH is 1. The first-order chi connectivity index (χ1) is 9.11. The Labute approximate surface area is 123 Å². The van der Waals surface area contributed by atoms with Crippen LogP contribution < -0.4 is 5.32 Å². The Bertz CT molecular complexity index is 425. The molecule has 19 heavy (non-hydrogen) atoms. The number of phenols is 1. The summed E-state index contributed by atoms with van der Waals surface area (Å²) in [7, 11) is 0. The molecule has 1 saturated carbocycles. The highest BCUT2D eigenvalue weighted by Gasteiger charge is 2.26. The second-order valence-electron chi connectivity index (χ2n) is 5.29. The van der Waals surface area contributed by atoms with Gasteiger partial charge in [0.2, 0.25) is 0 Å². The molecule has 0 aliphatic heterocycles. The molecule has 106 valence electrons. The summed E-state index contributed by atoms with van der Waals surface area (Å²) in [6.07, 6.45) is 4.77. The lowest BCUT2D eigenvalue weighted by Gasteiger charge is -2.32. The molecule has 0 amide bonds. The smallest absolute Gasteiger partial charge is 0.120 e. The predicted molar refractivity (Wildman–Crippen MR) is 80.2 cm³/mol. The summed E-state index contributed by atoms with van der Waals surface area (Å²) in [6, 6.07) is 5.71. The molecule has 1 aliphatic carbocycles. The lowest BCUT2D eigenvalue weighted by Crippen LogP contribution is -2.43. The standard InChI is InChI=1S/C15H22BrNO2/c1-2-12(11-9-10(16)7-8-14(11)18)17-13-5-3-4-6-15(13)19/h7-9,12-13,15,17-19H,2-6H2,1H3. The summed E-state index contributed by atoms with van der Waals surface area (Å²) in [5.74, 6) is 0.313. The molecule has 1 fully saturated rings. The van der Waals surface area contributed by atoms with Gasteiger partial charge >= 0.3 is 0 Å². The fourth-order valence-corrected chi connectivity index (χ4v) is 3.17. The Hall–Kier alpha value is -0.580. The van der Waals surface area contributed by atoms with E-state index in [-0.39, 0.29) is 18.2 Å². The first kappa shape index (κ1) is 14.8. The van der Waals surface area contributed by atoms with Crippen molar-refractivity contribution in [2.24, 2.45) is 0 Å². The van der Waals surface area contributed by atoms with E-state index < -0.39 is 0 Å². The normalized spacial score (nSPS) is 25.2. The van der Waals surface area contributed by atoms with Crippen molar-refractivity contribution < 1.29 is 10.2 Å².